The van der Waals surface area contributed by atoms with Crippen LogP contribution in [0.15, 0.2) is 0 Å². The number of H-pyrrole nitrogens is 1. The first-order valence-electron chi connectivity index (χ1n) is 5.09. The minimum atomic E-state index is -0.102. The molecule has 1 fully saturated rings. The Labute approximate surface area is 87.9 Å². The molecular formula is C9H15N5O. The molecular weight excluding hydrogens is 194 g/mol. The standard InChI is InChI=1S/C9H15N5O/c1-6-11-8(13-12-6)9(15)14-3-2-7(4-10)5-14/h7H,2-5,10H2,1H3,(H,11,12,13). The summed E-state index contributed by atoms with van der Waals surface area (Å²) in [5.41, 5.74) is 5.56. The number of amides is 1. The van der Waals surface area contributed by atoms with E-state index in [2.05, 4.69) is 15.2 Å². The fourth-order valence-corrected chi connectivity index (χ4v) is 1.79. The summed E-state index contributed by atoms with van der Waals surface area (Å²) in [6, 6.07) is 0. The van der Waals surface area contributed by atoms with E-state index in [9.17, 15) is 4.79 Å². The molecule has 2 heterocycles. The van der Waals surface area contributed by atoms with Crippen LogP contribution in [-0.2, 0) is 0 Å². The molecule has 82 valence electrons. The maximum atomic E-state index is 11.9. The van der Waals surface area contributed by atoms with Gasteiger partial charge in [0.1, 0.15) is 5.82 Å². The van der Waals surface area contributed by atoms with Crippen LogP contribution in [0.25, 0.3) is 0 Å². The molecule has 1 aromatic rings. The van der Waals surface area contributed by atoms with Gasteiger partial charge in [-0.05, 0) is 25.8 Å². The Kier molecular flexibility index (Phi) is 2.68. The van der Waals surface area contributed by atoms with E-state index in [1.807, 2.05) is 0 Å². The Morgan fingerprint density at radius 1 is 1.73 bits per heavy atom. The average Bonchev–Trinajstić information content (AvgIpc) is 2.84. The maximum Gasteiger partial charge on any atom is 0.293 e. The van der Waals surface area contributed by atoms with Crippen molar-refractivity contribution < 1.29 is 4.79 Å². The third-order valence-corrected chi connectivity index (χ3v) is 2.69. The molecule has 1 unspecified atom stereocenters. The Morgan fingerprint density at radius 2 is 2.53 bits per heavy atom. The van der Waals surface area contributed by atoms with E-state index in [4.69, 9.17) is 5.73 Å². The van der Waals surface area contributed by atoms with Gasteiger partial charge in [-0.25, -0.2) is 4.98 Å². The molecule has 3 N–H and O–H groups in total. The maximum absolute atomic E-state index is 11.9. The summed E-state index contributed by atoms with van der Waals surface area (Å²) in [6.45, 7) is 3.89. The minimum Gasteiger partial charge on any atom is -0.336 e. The van der Waals surface area contributed by atoms with Crippen LogP contribution in [0.3, 0.4) is 0 Å². The van der Waals surface area contributed by atoms with Gasteiger partial charge in [0.05, 0.1) is 0 Å². The molecule has 0 aliphatic carbocycles. The quantitative estimate of drug-likeness (QED) is 0.689. The van der Waals surface area contributed by atoms with Crippen LogP contribution in [0.4, 0.5) is 0 Å². The highest BCUT2D eigenvalue weighted by Gasteiger charge is 2.27. The van der Waals surface area contributed by atoms with Gasteiger partial charge in [-0.2, -0.15) is 0 Å². The highest BCUT2D eigenvalue weighted by Crippen LogP contribution is 2.16. The smallest absolute Gasteiger partial charge is 0.293 e. The van der Waals surface area contributed by atoms with Crippen LogP contribution in [0.2, 0.25) is 0 Å². The van der Waals surface area contributed by atoms with Gasteiger partial charge >= 0.3 is 0 Å². The predicted molar refractivity (Wildman–Crippen MR) is 54.2 cm³/mol. The fourth-order valence-electron chi connectivity index (χ4n) is 1.79. The lowest BCUT2D eigenvalue weighted by molar-refractivity contribution is 0.0776. The van der Waals surface area contributed by atoms with Gasteiger partial charge in [-0.15, -0.1) is 5.10 Å². The molecule has 0 radical (unpaired) electrons. The first kappa shape index (κ1) is 10.1. The average molecular weight is 209 g/mol. The second-order valence-electron chi connectivity index (χ2n) is 3.89. The van der Waals surface area contributed by atoms with E-state index in [0.717, 1.165) is 19.5 Å². The number of carbonyl (C=O) groups is 1. The van der Waals surface area contributed by atoms with E-state index < -0.39 is 0 Å². The van der Waals surface area contributed by atoms with E-state index in [-0.39, 0.29) is 11.7 Å². The van der Waals surface area contributed by atoms with Crippen molar-refractivity contribution in [1.82, 2.24) is 20.1 Å². The number of aromatic nitrogens is 3. The van der Waals surface area contributed by atoms with E-state index >= 15 is 0 Å². The molecule has 1 aliphatic rings. The molecule has 15 heavy (non-hydrogen) atoms. The Morgan fingerprint density at radius 3 is 3.07 bits per heavy atom. The molecule has 1 saturated heterocycles. The number of hydrogen-bond donors (Lipinski definition) is 2. The fraction of sp³-hybridized carbons (Fsp3) is 0.667. The minimum absolute atomic E-state index is 0.102. The van der Waals surface area contributed by atoms with Gasteiger partial charge in [0.25, 0.3) is 5.91 Å². The number of aryl methyl sites for hydroxylation is 1. The second kappa shape index (κ2) is 3.98. The molecule has 0 spiro atoms. The van der Waals surface area contributed by atoms with Crippen molar-refractivity contribution in [2.45, 2.75) is 13.3 Å². The van der Waals surface area contributed by atoms with Gasteiger partial charge in [0, 0.05) is 13.1 Å². The molecule has 6 nitrogen and oxygen atoms in total. The van der Waals surface area contributed by atoms with Gasteiger partial charge in [-0.3, -0.25) is 9.89 Å². The summed E-state index contributed by atoms with van der Waals surface area (Å²) < 4.78 is 0. The normalized spacial score (nSPS) is 20.9. The number of likely N-dealkylation sites (tertiary alicyclic amines) is 1. The first-order chi connectivity index (χ1) is 7.20. The van der Waals surface area contributed by atoms with Gasteiger partial charge in [0.15, 0.2) is 0 Å². The van der Waals surface area contributed by atoms with Crippen LogP contribution in [-0.4, -0.2) is 45.6 Å². The Balaban J connectivity index is 2.03. The Bertz CT molecular complexity index is 361. The van der Waals surface area contributed by atoms with Gasteiger partial charge < -0.3 is 10.6 Å². The number of rotatable bonds is 2. The van der Waals surface area contributed by atoms with E-state index in [1.54, 1.807) is 11.8 Å². The molecule has 0 bridgehead atoms. The zero-order valence-corrected chi connectivity index (χ0v) is 8.73. The molecule has 0 aromatic carbocycles. The highest BCUT2D eigenvalue weighted by molar-refractivity contribution is 5.90. The van der Waals surface area contributed by atoms with Crippen molar-refractivity contribution >= 4 is 5.91 Å². The number of nitrogens with zero attached hydrogens (tertiary/aromatic N) is 3. The third-order valence-electron chi connectivity index (χ3n) is 2.69. The van der Waals surface area contributed by atoms with Crippen molar-refractivity contribution in [2.75, 3.05) is 19.6 Å². The van der Waals surface area contributed by atoms with Gasteiger partial charge in [0.2, 0.25) is 5.82 Å². The van der Waals surface area contributed by atoms with Crippen molar-refractivity contribution in [3.8, 4) is 0 Å². The highest BCUT2D eigenvalue weighted by atomic mass is 16.2. The summed E-state index contributed by atoms with van der Waals surface area (Å²) in [4.78, 5) is 17.6. The van der Waals surface area contributed by atoms with Crippen LogP contribution < -0.4 is 5.73 Å². The van der Waals surface area contributed by atoms with Crippen LogP contribution in [0.1, 0.15) is 22.9 Å². The second-order valence-corrected chi connectivity index (χ2v) is 3.89. The predicted octanol–water partition coefficient (Wildman–Crippen LogP) is -0.466. The zero-order chi connectivity index (χ0) is 10.8. The number of aromatic amines is 1. The zero-order valence-electron chi connectivity index (χ0n) is 8.73. The van der Waals surface area contributed by atoms with Crippen molar-refractivity contribution in [3.63, 3.8) is 0 Å². The molecule has 1 aromatic heterocycles. The monoisotopic (exact) mass is 209 g/mol. The number of nitrogens with one attached hydrogen (secondary N) is 1. The summed E-state index contributed by atoms with van der Waals surface area (Å²) >= 11 is 0. The molecule has 1 atom stereocenters. The summed E-state index contributed by atoms with van der Waals surface area (Å²) in [5, 5.41) is 6.52. The molecule has 0 saturated carbocycles. The first-order valence-corrected chi connectivity index (χ1v) is 5.09. The number of carbonyl (C=O) groups excluding carboxylic acids is 1. The molecule has 2 rings (SSSR count). The lowest BCUT2D eigenvalue weighted by Crippen LogP contribution is -2.30. The summed E-state index contributed by atoms with van der Waals surface area (Å²) in [6.07, 6.45) is 0.978. The van der Waals surface area contributed by atoms with E-state index in [1.165, 1.54) is 0 Å². The molecule has 1 amide bonds. The van der Waals surface area contributed by atoms with Crippen LogP contribution in [0.5, 0.6) is 0 Å². The summed E-state index contributed by atoms with van der Waals surface area (Å²) in [7, 11) is 0. The summed E-state index contributed by atoms with van der Waals surface area (Å²) in [5.74, 6) is 1.24. The van der Waals surface area contributed by atoms with E-state index in [0.29, 0.717) is 18.3 Å². The topological polar surface area (TPSA) is 87.9 Å². The van der Waals surface area contributed by atoms with Crippen molar-refractivity contribution in [3.05, 3.63) is 11.6 Å². The largest absolute Gasteiger partial charge is 0.336 e. The van der Waals surface area contributed by atoms with Crippen LogP contribution >= 0.6 is 0 Å². The Hall–Kier alpha value is -1.43. The van der Waals surface area contributed by atoms with Crippen molar-refractivity contribution in [1.29, 1.82) is 0 Å². The number of nitrogens with two attached hydrogens (primary N) is 1. The third kappa shape index (κ3) is 1.99. The molecule has 1 aliphatic heterocycles. The van der Waals surface area contributed by atoms with Crippen LogP contribution in [0, 0.1) is 12.8 Å². The SMILES string of the molecule is Cc1nc(C(=O)N2CCC(CN)C2)n[nH]1. The van der Waals surface area contributed by atoms with Gasteiger partial charge in [-0.1, -0.05) is 0 Å². The number of hydrogen-bond acceptors (Lipinski definition) is 4. The lowest BCUT2D eigenvalue weighted by Gasteiger charge is -2.13. The lowest BCUT2D eigenvalue weighted by atomic mass is 10.1. The molecule has 6 heteroatoms. The van der Waals surface area contributed by atoms with Crippen molar-refractivity contribution in [2.24, 2.45) is 11.7 Å².